The van der Waals surface area contributed by atoms with Crippen molar-refractivity contribution in [3.63, 3.8) is 0 Å². The van der Waals surface area contributed by atoms with E-state index in [-0.39, 0.29) is 11.8 Å². The highest BCUT2D eigenvalue weighted by atomic mass is 16.2. The summed E-state index contributed by atoms with van der Waals surface area (Å²) in [5, 5.41) is 5.44. The van der Waals surface area contributed by atoms with Gasteiger partial charge in [-0.25, -0.2) is 4.98 Å². The Labute approximate surface area is 201 Å². The van der Waals surface area contributed by atoms with Gasteiger partial charge in [-0.3, -0.25) is 9.59 Å². The Morgan fingerprint density at radius 1 is 0.647 bits per heavy atom. The predicted octanol–water partition coefficient (Wildman–Crippen LogP) is 6.63. The second-order valence-corrected chi connectivity index (χ2v) is 8.70. The zero-order chi connectivity index (χ0) is 24.5. The number of hydrogen-bond acceptors (Lipinski definition) is 3. The van der Waals surface area contributed by atoms with Crippen LogP contribution in [0.5, 0.6) is 0 Å². The van der Waals surface area contributed by atoms with Crippen LogP contribution in [0.25, 0.3) is 12.2 Å². The normalized spacial score (nSPS) is 11.5. The molecule has 2 aromatic carbocycles. The molecule has 5 nitrogen and oxygen atoms in total. The number of pyridine rings is 1. The number of amides is 2. The summed E-state index contributed by atoms with van der Waals surface area (Å²) in [6.45, 7) is 8.57. The van der Waals surface area contributed by atoms with Crippen LogP contribution in [0.2, 0.25) is 0 Å². The quantitative estimate of drug-likeness (QED) is 0.376. The molecule has 0 fully saturated rings. The van der Waals surface area contributed by atoms with Crippen LogP contribution in [-0.2, 0) is 9.59 Å². The van der Waals surface area contributed by atoms with Gasteiger partial charge in [-0.1, -0.05) is 82.3 Å². The predicted molar refractivity (Wildman–Crippen MR) is 141 cm³/mol. The van der Waals surface area contributed by atoms with Gasteiger partial charge in [-0.15, -0.1) is 0 Å². The topological polar surface area (TPSA) is 71.1 Å². The Hall–Kier alpha value is -3.99. The van der Waals surface area contributed by atoms with E-state index in [0.29, 0.717) is 23.5 Å². The smallest absolute Gasteiger partial charge is 0.249 e. The Kier molecular flexibility index (Phi) is 8.52. The summed E-state index contributed by atoms with van der Waals surface area (Å²) in [5.74, 6) is 1.05. The molecule has 174 valence electrons. The van der Waals surface area contributed by atoms with Crippen LogP contribution in [0.15, 0.2) is 78.9 Å². The Balaban J connectivity index is 1.55. The minimum atomic E-state index is -0.298. The van der Waals surface area contributed by atoms with Crippen molar-refractivity contribution in [2.45, 2.75) is 39.5 Å². The van der Waals surface area contributed by atoms with E-state index in [0.717, 1.165) is 11.1 Å². The van der Waals surface area contributed by atoms with E-state index in [1.165, 1.54) is 23.3 Å². The summed E-state index contributed by atoms with van der Waals surface area (Å²) >= 11 is 0. The number of hydrogen-bond donors (Lipinski definition) is 2. The van der Waals surface area contributed by atoms with Gasteiger partial charge in [0.05, 0.1) is 0 Å². The first kappa shape index (κ1) is 24.6. The van der Waals surface area contributed by atoms with Crippen LogP contribution in [0.3, 0.4) is 0 Å². The molecule has 0 unspecified atom stereocenters. The lowest BCUT2D eigenvalue weighted by molar-refractivity contribution is -0.112. The second-order valence-electron chi connectivity index (χ2n) is 8.70. The molecule has 0 saturated heterocycles. The van der Waals surface area contributed by atoms with Gasteiger partial charge < -0.3 is 10.6 Å². The first-order chi connectivity index (χ1) is 16.3. The van der Waals surface area contributed by atoms with E-state index >= 15 is 0 Å². The first-order valence-corrected chi connectivity index (χ1v) is 11.5. The monoisotopic (exact) mass is 453 g/mol. The third kappa shape index (κ3) is 7.55. The summed E-state index contributed by atoms with van der Waals surface area (Å²) in [6, 6.07) is 21.3. The summed E-state index contributed by atoms with van der Waals surface area (Å²) in [4.78, 5) is 28.9. The molecule has 0 saturated carbocycles. The van der Waals surface area contributed by atoms with E-state index in [4.69, 9.17) is 0 Å². The maximum absolute atomic E-state index is 12.3. The minimum Gasteiger partial charge on any atom is -0.307 e. The van der Waals surface area contributed by atoms with Crippen LogP contribution in [-0.4, -0.2) is 16.8 Å². The third-order valence-corrected chi connectivity index (χ3v) is 5.31. The SMILES string of the molecule is CC(C)c1ccc(/C=C/C(=O)Nc2cccc(NC(=O)/C=C/c3ccc(C(C)C)cc3)n2)cc1. The fourth-order valence-electron chi connectivity index (χ4n) is 3.24. The molecular weight excluding hydrogens is 422 g/mol. The Morgan fingerprint density at radius 3 is 1.38 bits per heavy atom. The van der Waals surface area contributed by atoms with Crippen molar-refractivity contribution in [1.29, 1.82) is 0 Å². The van der Waals surface area contributed by atoms with Gasteiger partial charge in [0.25, 0.3) is 0 Å². The van der Waals surface area contributed by atoms with Crippen LogP contribution in [0, 0.1) is 0 Å². The number of carbonyl (C=O) groups excluding carboxylic acids is 2. The van der Waals surface area contributed by atoms with Gasteiger partial charge in [-0.2, -0.15) is 0 Å². The molecule has 0 aliphatic heterocycles. The maximum Gasteiger partial charge on any atom is 0.249 e. The highest BCUT2D eigenvalue weighted by Crippen LogP contribution is 2.17. The summed E-state index contributed by atoms with van der Waals surface area (Å²) < 4.78 is 0. The number of anilines is 2. The van der Waals surface area contributed by atoms with Gasteiger partial charge >= 0.3 is 0 Å². The van der Waals surface area contributed by atoms with Crippen molar-refractivity contribution in [2.24, 2.45) is 0 Å². The van der Waals surface area contributed by atoms with E-state index in [1.807, 2.05) is 24.3 Å². The average molecular weight is 454 g/mol. The van der Waals surface area contributed by atoms with Gasteiger partial charge in [0.1, 0.15) is 11.6 Å². The van der Waals surface area contributed by atoms with Crippen LogP contribution < -0.4 is 10.6 Å². The molecule has 2 amide bonds. The molecule has 0 spiro atoms. The van der Waals surface area contributed by atoms with E-state index < -0.39 is 0 Å². The fraction of sp³-hybridized carbons (Fsp3) is 0.207. The highest BCUT2D eigenvalue weighted by Gasteiger charge is 2.04. The highest BCUT2D eigenvalue weighted by molar-refractivity contribution is 6.03. The van der Waals surface area contributed by atoms with Crippen molar-refractivity contribution in [2.75, 3.05) is 10.6 Å². The van der Waals surface area contributed by atoms with Crippen molar-refractivity contribution in [3.05, 3.63) is 101 Å². The molecule has 0 aliphatic carbocycles. The molecule has 0 bridgehead atoms. The molecule has 5 heteroatoms. The molecule has 34 heavy (non-hydrogen) atoms. The first-order valence-electron chi connectivity index (χ1n) is 11.5. The molecule has 3 aromatic rings. The number of nitrogens with zero attached hydrogens (tertiary/aromatic N) is 1. The standard InChI is InChI=1S/C29H31N3O2/c1-20(2)24-14-8-22(9-15-24)12-18-28(33)31-26-6-5-7-27(30-26)32-29(34)19-13-23-10-16-25(17-11-23)21(3)4/h5-21H,1-4H3,(H2,30,31,32,33,34)/b18-12+,19-13+. The van der Waals surface area contributed by atoms with Crippen molar-refractivity contribution in [3.8, 4) is 0 Å². The second kappa shape index (κ2) is 11.8. The third-order valence-electron chi connectivity index (χ3n) is 5.31. The fourth-order valence-corrected chi connectivity index (χ4v) is 3.24. The molecule has 3 rings (SSSR count). The molecule has 2 N–H and O–H groups in total. The lowest BCUT2D eigenvalue weighted by atomic mass is 10.0. The maximum atomic E-state index is 12.3. The lowest BCUT2D eigenvalue weighted by Crippen LogP contribution is -2.12. The Bertz CT molecular complexity index is 1080. The number of benzene rings is 2. The van der Waals surface area contributed by atoms with Crippen LogP contribution >= 0.6 is 0 Å². The minimum absolute atomic E-state index is 0.298. The largest absolute Gasteiger partial charge is 0.307 e. The zero-order valence-corrected chi connectivity index (χ0v) is 20.1. The number of rotatable bonds is 8. The summed E-state index contributed by atoms with van der Waals surface area (Å²) in [5.41, 5.74) is 4.39. The lowest BCUT2D eigenvalue weighted by Gasteiger charge is -2.06. The molecule has 1 heterocycles. The molecular formula is C29H31N3O2. The van der Waals surface area contributed by atoms with E-state index in [9.17, 15) is 9.59 Å². The van der Waals surface area contributed by atoms with E-state index in [2.05, 4.69) is 67.6 Å². The molecule has 0 atom stereocenters. The summed E-state index contributed by atoms with van der Waals surface area (Å²) in [6.07, 6.45) is 6.43. The number of carbonyl (C=O) groups is 2. The van der Waals surface area contributed by atoms with E-state index in [1.54, 1.807) is 30.4 Å². The number of aromatic nitrogens is 1. The van der Waals surface area contributed by atoms with Crippen LogP contribution in [0.4, 0.5) is 11.6 Å². The van der Waals surface area contributed by atoms with Crippen LogP contribution in [0.1, 0.15) is 61.8 Å². The molecule has 1 aromatic heterocycles. The zero-order valence-electron chi connectivity index (χ0n) is 20.1. The van der Waals surface area contributed by atoms with Crippen molar-refractivity contribution >= 4 is 35.6 Å². The van der Waals surface area contributed by atoms with Gasteiger partial charge in [-0.05, 0) is 58.4 Å². The molecule has 0 aliphatic rings. The summed E-state index contributed by atoms with van der Waals surface area (Å²) in [7, 11) is 0. The average Bonchev–Trinajstić information content (AvgIpc) is 2.82. The van der Waals surface area contributed by atoms with Gasteiger partial charge in [0.2, 0.25) is 11.8 Å². The molecule has 0 radical (unpaired) electrons. The van der Waals surface area contributed by atoms with Crippen molar-refractivity contribution in [1.82, 2.24) is 4.98 Å². The number of nitrogens with one attached hydrogen (secondary N) is 2. The van der Waals surface area contributed by atoms with Crippen molar-refractivity contribution < 1.29 is 9.59 Å². The van der Waals surface area contributed by atoms with Gasteiger partial charge in [0, 0.05) is 12.2 Å². The Morgan fingerprint density at radius 2 is 1.03 bits per heavy atom. The van der Waals surface area contributed by atoms with Gasteiger partial charge in [0.15, 0.2) is 0 Å².